The van der Waals surface area contributed by atoms with E-state index in [0.29, 0.717) is 12.1 Å². The van der Waals surface area contributed by atoms with Gasteiger partial charge in [-0.05, 0) is 35.7 Å². The second-order valence-corrected chi connectivity index (χ2v) is 6.67. The highest BCUT2D eigenvalue weighted by Crippen LogP contribution is 2.27. The highest BCUT2D eigenvalue weighted by atomic mass is 32.1. The Balaban J connectivity index is 1.63. The summed E-state index contributed by atoms with van der Waals surface area (Å²) in [6.45, 7) is 1.33. The first kappa shape index (κ1) is 15.6. The van der Waals surface area contributed by atoms with Crippen molar-refractivity contribution in [3.63, 3.8) is 0 Å². The van der Waals surface area contributed by atoms with Gasteiger partial charge in [-0.15, -0.1) is 11.3 Å². The molecule has 4 rings (SSSR count). The predicted molar refractivity (Wildman–Crippen MR) is 102 cm³/mol. The number of rotatable bonds is 5. The zero-order valence-electron chi connectivity index (χ0n) is 13.6. The molecule has 25 heavy (non-hydrogen) atoms. The highest BCUT2D eigenvalue weighted by molar-refractivity contribution is 7.13. The number of benzene rings is 1. The highest BCUT2D eigenvalue weighted by Gasteiger charge is 2.14. The lowest BCUT2D eigenvalue weighted by atomic mass is 10.1. The van der Waals surface area contributed by atoms with Crippen molar-refractivity contribution >= 4 is 28.1 Å². The van der Waals surface area contributed by atoms with Gasteiger partial charge in [0.1, 0.15) is 0 Å². The third-order valence-corrected chi connectivity index (χ3v) is 4.95. The molecule has 0 saturated heterocycles. The van der Waals surface area contributed by atoms with Crippen LogP contribution in [0.5, 0.6) is 0 Å². The van der Waals surface area contributed by atoms with Crippen LogP contribution in [0.3, 0.4) is 0 Å². The summed E-state index contributed by atoms with van der Waals surface area (Å²) in [7, 11) is 0. The van der Waals surface area contributed by atoms with E-state index in [1.165, 1.54) is 0 Å². The smallest absolute Gasteiger partial charge is 0.252 e. The summed E-state index contributed by atoms with van der Waals surface area (Å²) in [6, 6.07) is 17.6. The minimum atomic E-state index is -0.0661. The quantitative estimate of drug-likeness (QED) is 0.588. The van der Waals surface area contributed by atoms with Crippen LogP contribution in [-0.4, -0.2) is 22.0 Å². The van der Waals surface area contributed by atoms with E-state index in [1.807, 2.05) is 76.9 Å². The third-order valence-electron chi connectivity index (χ3n) is 4.06. The van der Waals surface area contributed by atoms with E-state index in [4.69, 9.17) is 4.98 Å². The Bertz CT molecular complexity index is 991. The van der Waals surface area contributed by atoms with E-state index >= 15 is 0 Å². The molecule has 5 heteroatoms. The van der Waals surface area contributed by atoms with Crippen molar-refractivity contribution in [1.82, 2.24) is 14.9 Å². The van der Waals surface area contributed by atoms with Crippen molar-refractivity contribution in [1.29, 1.82) is 0 Å². The van der Waals surface area contributed by atoms with Crippen molar-refractivity contribution in [2.45, 2.75) is 6.54 Å². The molecule has 1 aromatic carbocycles. The molecule has 1 N–H and O–H groups in total. The summed E-state index contributed by atoms with van der Waals surface area (Å²) in [5.41, 5.74) is 2.34. The van der Waals surface area contributed by atoms with E-state index in [-0.39, 0.29) is 5.91 Å². The summed E-state index contributed by atoms with van der Waals surface area (Å²) >= 11 is 1.62. The summed E-state index contributed by atoms with van der Waals surface area (Å²) in [5, 5.41) is 5.91. The van der Waals surface area contributed by atoms with Gasteiger partial charge in [0, 0.05) is 30.9 Å². The van der Waals surface area contributed by atoms with Crippen LogP contribution in [0, 0.1) is 0 Å². The van der Waals surface area contributed by atoms with Crippen molar-refractivity contribution in [2.75, 3.05) is 6.54 Å². The topological polar surface area (TPSA) is 46.9 Å². The standard InChI is InChI=1S/C20H17N3OS/c24-20(21-9-12-23-10-3-4-11-23)16-14-18(19-8-5-13-25-19)22-17-7-2-1-6-15(16)17/h1-8,10-11,13-14H,9,12H2,(H,21,24). The van der Waals surface area contributed by atoms with Crippen LogP contribution in [0.25, 0.3) is 21.5 Å². The Morgan fingerprint density at radius 2 is 1.92 bits per heavy atom. The zero-order valence-corrected chi connectivity index (χ0v) is 14.4. The fourth-order valence-corrected chi connectivity index (χ4v) is 3.51. The van der Waals surface area contributed by atoms with E-state index in [0.717, 1.165) is 28.0 Å². The largest absolute Gasteiger partial charge is 0.353 e. The fourth-order valence-electron chi connectivity index (χ4n) is 2.83. The number of para-hydroxylation sites is 1. The second-order valence-electron chi connectivity index (χ2n) is 5.73. The SMILES string of the molecule is O=C(NCCn1cccc1)c1cc(-c2cccs2)nc2ccccc12. The van der Waals surface area contributed by atoms with E-state index in [2.05, 4.69) is 5.32 Å². The molecular formula is C20H17N3OS. The summed E-state index contributed by atoms with van der Waals surface area (Å²) in [5.74, 6) is -0.0661. The molecule has 0 saturated carbocycles. The average molecular weight is 347 g/mol. The lowest BCUT2D eigenvalue weighted by Crippen LogP contribution is -2.27. The second kappa shape index (κ2) is 6.91. The first-order chi connectivity index (χ1) is 12.3. The van der Waals surface area contributed by atoms with Gasteiger partial charge in [-0.1, -0.05) is 24.3 Å². The molecule has 3 heterocycles. The van der Waals surface area contributed by atoms with Gasteiger partial charge in [-0.25, -0.2) is 4.98 Å². The Hall–Kier alpha value is -2.92. The molecule has 0 aliphatic carbocycles. The van der Waals surface area contributed by atoms with Crippen molar-refractivity contribution in [3.05, 3.63) is 77.9 Å². The normalized spacial score (nSPS) is 10.9. The number of carbonyl (C=O) groups excluding carboxylic acids is 1. The van der Waals surface area contributed by atoms with Gasteiger partial charge in [-0.2, -0.15) is 0 Å². The van der Waals surface area contributed by atoms with Gasteiger partial charge in [0.25, 0.3) is 5.91 Å². The van der Waals surface area contributed by atoms with E-state index in [9.17, 15) is 4.79 Å². The van der Waals surface area contributed by atoms with Gasteiger partial charge in [0.05, 0.1) is 21.7 Å². The molecule has 0 radical (unpaired) electrons. The molecule has 0 aliphatic rings. The van der Waals surface area contributed by atoms with Crippen LogP contribution in [0.1, 0.15) is 10.4 Å². The summed E-state index contributed by atoms with van der Waals surface area (Å²) in [4.78, 5) is 18.5. The Morgan fingerprint density at radius 1 is 1.08 bits per heavy atom. The van der Waals surface area contributed by atoms with Crippen LogP contribution in [0.4, 0.5) is 0 Å². The van der Waals surface area contributed by atoms with Gasteiger partial charge in [0.15, 0.2) is 0 Å². The fraction of sp³-hybridized carbons (Fsp3) is 0.100. The predicted octanol–water partition coefficient (Wildman–Crippen LogP) is 4.19. The van der Waals surface area contributed by atoms with Gasteiger partial charge < -0.3 is 9.88 Å². The summed E-state index contributed by atoms with van der Waals surface area (Å²) < 4.78 is 2.04. The lowest BCUT2D eigenvalue weighted by Gasteiger charge is -2.10. The number of amides is 1. The van der Waals surface area contributed by atoms with E-state index in [1.54, 1.807) is 11.3 Å². The molecule has 4 aromatic rings. The average Bonchev–Trinajstić information content (AvgIpc) is 3.34. The van der Waals surface area contributed by atoms with Crippen LogP contribution in [-0.2, 0) is 6.54 Å². The maximum atomic E-state index is 12.8. The molecule has 1 amide bonds. The first-order valence-electron chi connectivity index (χ1n) is 8.14. The number of fused-ring (bicyclic) bond motifs is 1. The maximum absolute atomic E-state index is 12.8. The molecular weight excluding hydrogens is 330 g/mol. The number of thiophene rings is 1. The molecule has 0 aliphatic heterocycles. The van der Waals surface area contributed by atoms with Crippen molar-refractivity contribution in [3.8, 4) is 10.6 Å². The number of nitrogens with zero attached hydrogens (tertiary/aromatic N) is 2. The zero-order chi connectivity index (χ0) is 17.1. The summed E-state index contributed by atoms with van der Waals surface area (Å²) in [6.07, 6.45) is 3.98. The molecule has 0 spiro atoms. The third kappa shape index (κ3) is 3.32. The molecule has 0 fully saturated rings. The van der Waals surface area contributed by atoms with Crippen LogP contribution < -0.4 is 5.32 Å². The van der Waals surface area contributed by atoms with Crippen LogP contribution in [0.2, 0.25) is 0 Å². The molecule has 3 aromatic heterocycles. The van der Waals surface area contributed by atoms with Crippen LogP contribution >= 0.6 is 11.3 Å². The van der Waals surface area contributed by atoms with Crippen LogP contribution in [0.15, 0.2) is 72.4 Å². The number of pyridine rings is 1. The maximum Gasteiger partial charge on any atom is 0.252 e. The van der Waals surface area contributed by atoms with Crippen molar-refractivity contribution in [2.24, 2.45) is 0 Å². The minimum Gasteiger partial charge on any atom is -0.353 e. The van der Waals surface area contributed by atoms with E-state index < -0.39 is 0 Å². The molecule has 4 nitrogen and oxygen atoms in total. The Kier molecular flexibility index (Phi) is 4.31. The van der Waals surface area contributed by atoms with Gasteiger partial charge >= 0.3 is 0 Å². The molecule has 0 bridgehead atoms. The number of hydrogen-bond donors (Lipinski definition) is 1. The molecule has 0 atom stereocenters. The van der Waals surface area contributed by atoms with Crippen molar-refractivity contribution < 1.29 is 4.79 Å². The van der Waals surface area contributed by atoms with Gasteiger partial charge in [0.2, 0.25) is 0 Å². The number of carbonyl (C=O) groups is 1. The number of hydrogen-bond acceptors (Lipinski definition) is 3. The Morgan fingerprint density at radius 3 is 2.72 bits per heavy atom. The monoisotopic (exact) mass is 347 g/mol. The first-order valence-corrected chi connectivity index (χ1v) is 9.02. The molecule has 0 unspecified atom stereocenters. The lowest BCUT2D eigenvalue weighted by molar-refractivity contribution is 0.0954. The Labute approximate surface area is 149 Å². The van der Waals surface area contributed by atoms with Gasteiger partial charge in [-0.3, -0.25) is 4.79 Å². The number of aromatic nitrogens is 2. The molecule has 124 valence electrons. The minimum absolute atomic E-state index is 0.0661. The number of nitrogens with one attached hydrogen (secondary N) is 1.